The van der Waals surface area contributed by atoms with Gasteiger partial charge in [-0.25, -0.2) is 9.59 Å². The highest BCUT2D eigenvalue weighted by Gasteiger charge is 2.61. The van der Waals surface area contributed by atoms with E-state index in [1.54, 1.807) is 0 Å². The molecule has 0 aromatic rings. The third-order valence-electron chi connectivity index (χ3n) is 8.01. The van der Waals surface area contributed by atoms with E-state index in [1.807, 2.05) is 27.7 Å². The number of carboxylic acid groups (broad SMARTS) is 1. The van der Waals surface area contributed by atoms with Crippen LogP contribution in [0.5, 0.6) is 0 Å². The summed E-state index contributed by atoms with van der Waals surface area (Å²) in [4.78, 5) is 52.5. The minimum Gasteiger partial charge on any atom is -0.479 e. The summed E-state index contributed by atoms with van der Waals surface area (Å²) in [7, 11) is 0. The Bertz CT molecular complexity index is 829. The number of amides is 3. The number of likely N-dealkylation sites (tertiary alicyclic amines) is 1. The SMILES string of the molecule is CC[C@@H]1C[C@]1(NC(=O)[C@@H]1CCCN1C(=O)[C@@H](NC(=O)OC1CC2C[C@@H]2C1)C(C)(C)C)C(=O)O. The van der Waals surface area contributed by atoms with Gasteiger partial charge < -0.3 is 25.4 Å². The average molecular weight is 464 g/mol. The van der Waals surface area contributed by atoms with Gasteiger partial charge in [0, 0.05) is 6.54 Å². The minimum atomic E-state index is -1.23. The first-order valence-corrected chi connectivity index (χ1v) is 12.3. The van der Waals surface area contributed by atoms with Crippen molar-refractivity contribution in [3.05, 3.63) is 0 Å². The molecule has 4 rings (SSSR count). The van der Waals surface area contributed by atoms with Gasteiger partial charge in [0.1, 0.15) is 23.7 Å². The quantitative estimate of drug-likeness (QED) is 0.532. The lowest BCUT2D eigenvalue weighted by molar-refractivity contribution is -0.146. The molecule has 9 heteroatoms. The summed E-state index contributed by atoms with van der Waals surface area (Å²) in [6.45, 7) is 7.88. The number of carbonyl (C=O) groups is 4. The second kappa shape index (κ2) is 8.47. The monoisotopic (exact) mass is 463 g/mol. The highest BCUT2D eigenvalue weighted by molar-refractivity contribution is 5.96. The van der Waals surface area contributed by atoms with Gasteiger partial charge in [-0.15, -0.1) is 0 Å². The topological polar surface area (TPSA) is 125 Å². The number of ether oxygens (including phenoxy) is 1. The van der Waals surface area contributed by atoms with Gasteiger partial charge in [0.2, 0.25) is 11.8 Å². The van der Waals surface area contributed by atoms with Crippen molar-refractivity contribution >= 4 is 23.9 Å². The zero-order valence-electron chi connectivity index (χ0n) is 20.1. The van der Waals surface area contributed by atoms with Crippen molar-refractivity contribution in [2.24, 2.45) is 23.2 Å². The molecular formula is C24H37N3O6. The van der Waals surface area contributed by atoms with Crippen molar-refractivity contribution in [3.63, 3.8) is 0 Å². The van der Waals surface area contributed by atoms with Gasteiger partial charge in [-0.2, -0.15) is 0 Å². The first kappa shape index (κ1) is 23.8. The molecule has 9 nitrogen and oxygen atoms in total. The maximum absolute atomic E-state index is 13.5. The zero-order valence-corrected chi connectivity index (χ0v) is 20.1. The number of alkyl carbamates (subject to hydrolysis) is 1. The second-order valence-corrected chi connectivity index (χ2v) is 11.5. The van der Waals surface area contributed by atoms with E-state index < -0.39 is 41.0 Å². The Morgan fingerprint density at radius 2 is 1.82 bits per heavy atom. The Balaban J connectivity index is 1.41. The Kier molecular flexibility index (Phi) is 6.12. The third kappa shape index (κ3) is 4.68. The molecule has 0 radical (unpaired) electrons. The highest BCUT2D eigenvalue weighted by atomic mass is 16.6. The van der Waals surface area contributed by atoms with Crippen molar-refractivity contribution < 1.29 is 29.0 Å². The van der Waals surface area contributed by atoms with E-state index >= 15 is 0 Å². The predicted molar refractivity (Wildman–Crippen MR) is 119 cm³/mol. The molecule has 1 aliphatic heterocycles. The molecule has 3 saturated carbocycles. The van der Waals surface area contributed by atoms with Crippen LogP contribution in [-0.4, -0.2) is 64.2 Å². The fourth-order valence-corrected chi connectivity index (χ4v) is 5.77. The number of rotatable bonds is 7. The predicted octanol–water partition coefficient (Wildman–Crippen LogP) is 2.29. The lowest BCUT2D eigenvalue weighted by Crippen LogP contribution is -2.59. The van der Waals surface area contributed by atoms with Crippen LogP contribution in [0.3, 0.4) is 0 Å². The number of aliphatic carboxylic acids is 1. The largest absolute Gasteiger partial charge is 0.479 e. The molecule has 7 atom stereocenters. The molecule has 1 heterocycles. The molecule has 0 aromatic carbocycles. The Hall–Kier alpha value is -2.32. The molecular weight excluding hydrogens is 426 g/mol. The third-order valence-corrected chi connectivity index (χ3v) is 8.01. The average Bonchev–Trinajstić information content (AvgIpc) is 3.50. The summed E-state index contributed by atoms with van der Waals surface area (Å²) in [5.41, 5.74) is -1.82. The van der Waals surface area contributed by atoms with E-state index in [2.05, 4.69) is 10.6 Å². The molecule has 184 valence electrons. The molecule has 3 aliphatic carbocycles. The number of carboxylic acids is 1. The Morgan fingerprint density at radius 1 is 1.15 bits per heavy atom. The van der Waals surface area contributed by atoms with Crippen LogP contribution in [0.2, 0.25) is 0 Å². The fourth-order valence-electron chi connectivity index (χ4n) is 5.77. The van der Waals surface area contributed by atoms with Gasteiger partial charge in [-0.1, -0.05) is 34.1 Å². The normalized spacial score (nSPS) is 35.4. The molecule has 33 heavy (non-hydrogen) atoms. The van der Waals surface area contributed by atoms with E-state index in [-0.39, 0.29) is 17.9 Å². The first-order chi connectivity index (χ1) is 15.5. The van der Waals surface area contributed by atoms with E-state index in [0.717, 1.165) is 12.8 Å². The molecule has 3 amide bonds. The number of hydrogen-bond donors (Lipinski definition) is 3. The molecule has 4 fully saturated rings. The van der Waals surface area contributed by atoms with Crippen LogP contribution in [0.25, 0.3) is 0 Å². The maximum Gasteiger partial charge on any atom is 0.408 e. The van der Waals surface area contributed by atoms with E-state index in [4.69, 9.17) is 4.74 Å². The first-order valence-electron chi connectivity index (χ1n) is 12.3. The van der Waals surface area contributed by atoms with Gasteiger partial charge in [0.05, 0.1) is 0 Å². The number of carbonyl (C=O) groups excluding carboxylic acids is 3. The van der Waals surface area contributed by atoms with Crippen molar-refractivity contribution in [3.8, 4) is 0 Å². The standard InChI is InChI=1S/C24H37N3O6/c1-5-15-12-24(15,21(30)31)26-19(28)17-7-6-8-27(17)20(29)18(23(2,3)4)25-22(32)33-16-10-13-9-14(13)11-16/h13-18H,5-12H2,1-4H3,(H,25,32)(H,26,28)(H,30,31)/t13-,14?,15-,16?,17+,18-,24-/m1/s1. The van der Waals surface area contributed by atoms with Crippen molar-refractivity contribution in [1.82, 2.24) is 15.5 Å². The lowest BCUT2D eigenvalue weighted by atomic mass is 9.85. The van der Waals surface area contributed by atoms with Crippen LogP contribution < -0.4 is 10.6 Å². The summed E-state index contributed by atoms with van der Waals surface area (Å²) in [6, 6.07) is -1.59. The fraction of sp³-hybridized carbons (Fsp3) is 0.833. The van der Waals surface area contributed by atoms with Crippen LogP contribution in [-0.2, 0) is 19.1 Å². The van der Waals surface area contributed by atoms with Crippen LogP contribution in [0.1, 0.15) is 72.6 Å². The Labute approximate surface area is 195 Å². The summed E-state index contributed by atoms with van der Waals surface area (Å²) < 4.78 is 5.58. The van der Waals surface area contributed by atoms with Crippen LogP contribution in [0, 0.1) is 23.2 Å². The summed E-state index contributed by atoms with van der Waals surface area (Å²) in [5, 5.41) is 15.1. The van der Waals surface area contributed by atoms with Crippen molar-refractivity contribution in [2.75, 3.05) is 6.54 Å². The number of nitrogens with one attached hydrogen (secondary N) is 2. The maximum atomic E-state index is 13.5. The molecule has 2 unspecified atom stereocenters. The summed E-state index contributed by atoms with van der Waals surface area (Å²) >= 11 is 0. The highest BCUT2D eigenvalue weighted by Crippen LogP contribution is 2.52. The van der Waals surface area contributed by atoms with Gasteiger partial charge in [0.25, 0.3) is 0 Å². The van der Waals surface area contributed by atoms with Crippen LogP contribution in [0.4, 0.5) is 4.79 Å². The summed E-state index contributed by atoms with van der Waals surface area (Å²) in [5.74, 6) is -0.526. The van der Waals surface area contributed by atoms with Gasteiger partial charge in [0.15, 0.2) is 0 Å². The smallest absolute Gasteiger partial charge is 0.408 e. The van der Waals surface area contributed by atoms with Gasteiger partial charge in [-0.3, -0.25) is 9.59 Å². The van der Waals surface area contributed by atoms with E-state index in [0.29, 0.717) is 44.1 Å². The second-order valence-electron chi connectivity index (χ2n) is 11.5. The zero-order chi connectivity index (χ0) is 24.1. The van der Waals surface area contributed by atoms with E-state index in [1.165, 1.54) is 11.3 Å². The molecule has 4 aliphatic rings. The number of hydrogen-bond acceptors (Lipinski definition) is 5. The number of nitrogens with zero attached hydrogens (tertiary/aromatic N) is 1. The molecule has 0 spiro atoms. The number of fused-ring (bicyclic) bond motifs is 1. The van der Waals surface area contributed by atoms with Crippen LogP contribution >= 0.6 is 0 Å². The van der Waals surface area contributed by atoms with Gasteiger partial charge >= 0.3 is 12.1 Å². The molecule has 1 saturated heterocycles. The minimum absolute atomic E-state index is 0.0907. The lowest BCUT2D eigenvalue weighted by Gasteiger charge is -2.35. The van der Waals surface area contributed by atoms with E-state index in [9.17, 15) is 24.3 Å². The van der Waals surface area contributed by atoms with Gasteiger partial charge in [-0.05, 0) is 61.7 Å². The van der Waals surface area contributed by atoms with Crippen molar-refractivity contribution in [1.29, 1.82) is 0 Å². The Morgan fingerprint density at radius 3 is 2.36 bits per heavy atom. The molecule has 3 N–H and O–H groups in total. The van der Waals surface area contributed by atoms with Crippen molar-refractivity contribution in [2.45, 2.75) is 96.4 Å². The summed E-state index contributed by atoms with van der Waals surface area (Å²) in [6.07, 6.45) is 4.52. The molecule has 0 aromatic heterocycles. The molecule has 0 bridgehead atoms. The van der Waals surface area contributed by atoms with Crippen LogP contribution in [0.15, 0.2) is 0 Å².